The van der Waals surface area contributed by atoms with Gasteiger partial charge in [0.15, 0.2) is 13.2 Å². The van der Waals surface area contributed by atoms with Crippen LogP contribution in [0.15, 0.2) is 54.6 Å². The first-order valence-electron chi connectivity index (χ1n) is 8.08. The van der Waals surface area contributed by atoms with Crippen molar-refractivity contribution < 1.29 is 19.1 Å². The Hall–Kier alpha value is -2.82. The number of hydrogen-bond donors (Lipinski definition) is 1. The Balaban J connectivity index is 1.72. The number of nitrogens with one attached hydrogen (secondary N) is 1. The van der Waals surface area contributed by atoms with E-state index >= 15 is 0 Å². The summed E-state index contributed by atoms with van der Waals surface area (Å²) in [4.78, 5) is 23.4. The van der Waals surface area contributed by atoms with Gasteiger partial charge in [-0.2, -0.15) is 0 Å². The minimum Gasteiger partial charge on any atom is -0.482 e. The molecule has 5 heteroatoms. The maximum Gasteiger partial charge on any atom is 0.344 e. The molecule has 1 N–H and O–H groups in total. The first-order chi connectivity index (χ1) is 11.8. The lowest BCUT2D eigenvalue weighted by Crippen LogP contribution is -2.23. The van der Waals surface area contributed by atoms with E-state index < -0.39 is 11.9 Å². The predicted molar refractivity (Wildman–Crippen MR) is 96.7 cm³/mol. The molecule has 0 saturated heterocycles. The number of rotatable bonds is 6. The third-order valence-electron chi connectivity index (χ3n) is 3.50. The van der Waals surface area contributed by atoms with Crippen LogP contribution in [-0.2, 0) is 19.7 Å². The normalized spacial score (nSPS) is 10.8. The minimum absolute atomic E-state index is 0.0591. The van der Waals surface area contributed by atoms with Crippen molar-refractivity contribution in [3.8, 4) is 5.75 Å². The summed E-state index contributed by atoms with van der Waals surface area (Å²) in [6.45, 7) is 5.79. The second-order valence-corrected chi connectivity index (χ2v) is 6.64. The van der Waals surface area contributed by atoms with Crippen LogP contribution in [0.3, 0.4) is 0 Å². The Morgan fingerprint density at radius 2 is 1.56 bits per heavy atom. The zero-order valence-corrected chi connectivity index (χ0v) is 14.7. The van der Waals surface area contributed by atoms with E-state index in [0.29, 0.717) is 11.4 Å². The monoisotopic (exact) mass is 341 g/mol. The van der Waals surface area contributed by atoms with Crippen molar-refractivity contribution in [1.29, 1.82) is 0 Å². The van der Waals surface area contributed by atoms with Crippen molar-refractivity contribution in [3.05, 3.63) is 60.2 Å². The molecule has 132 valence electrons. The van der Waals surface area contributed by atoms with Crippen LogP contribution in [-0.4, -0.2) is 25.1 Å². The minimum atomic E-state index is -0.594. The predicted octanol–water partition coefficient (Wildman–Crippen LogP) is 3.54. The molecule has 0 atom stereocenters. The topological polar surface area (TPSA) is 64.6 Å². The van der Waals surface area contributed by atoms with Crippen LogP contribution in [0.4, 0.5) is 5.69 Å². The summed E-state index contributed by atoms with van der Waals surface area (Å²) in [5.41, 5.74) is 1.89. The Kier molecular flexibility index (Phi) is 6.17. The molecule has 0 aromatic heterocycles. The van der Waals surface area contributed by atoms with E-state index in [1.165, 1.54) is 5.56 Å². The molecule has 0 aliphatic carbocycles. The molecule has 1 amide bonds. The van der Waals surface area contributed by atoms with Gasteiger partial charge in [0, 0.05) is 5.69 Å². The number of ether oxygens (including phenoxy) is 2. The van der Waals surface area contributed by atoms with E-state index in [2.05, 4.69) is 26.1 Å². The molecule has 5 nitrogen and oxygen atoms in total. The largest absolute Gasteiger partial charge is 0.482 e. The Labute approximate surface area is 148 Å². The third-order valence-corrected chi connectivity index (χ3v) is 3.50. The molecule has 0 aliphatic heterocycles. The van der Waals surface area contributed by atoms with Gasteiger partial charge in [-0.05, 0) is 35.2 Å². The molecule has 0 spiro atoms. The van der Waals surface area contributed by atoms with Crippen LogP contribution in [0.1, 0.15) is 26.3 Å². The Morgan fingerprint density at radius 3 is 2.16 bits per heavy atom. The number of amides is 1. The molecule has 25 heavy (non-hydrogen) atoms. The highest BCUT2D eigenvalue weighted by Gasteiger charge is 2.13. The standard InChI is InChI=1S/C20H23NO4/c1-20(2,3)15-9-11-17(12-10-15)24-14-19(23)25-13-18(22)21-16-7-5-4-6-8-16/h4-12H,13-14H2,1-3H3,(H,21,22). The number of anilines is 1. The molecule has 0 radical (unpaired) electrons. The van der Waals surface area contributed by atoms with E-state index in [0.717, 1.165) is 0 Å². The second-order valence-electron chi connectivity index (χ2n) is 6.64. The second kappa shape index (κ2) is 8.33. The van der Waals surface area contributed by atoms with Gasteiger partial charge in [0.05, 0.1) is 0 Å². The lowest BCUT2D eigenvalue weighted by atomic mass is 9.87. The maximum absolute atomic E-state index is 11.7. The molecule has 0 unspecified atom stereocenters. The zero-order chi connectivity index (χ0) is 18.3. The summed E-state index contributed by atoms with van der Waals surface area (Å²) in [6, 6.07) is 16.5. The van der Waals surface area contributed by atoms with Crippen molar-refractivity contribution in [2.45, 2.75) is 26.2 Å². The maximum atomic E-state index is 11.7. The van der Waals surface area contributed by atoms with Gasteiger partial charge in [0.2, 0.25) is 0 Å². The van der Waals surface area contributed by atoms with Crippen LogP contribution >= 0.6 is 0 Å². The molecular weight excluding hydrogens is 318 g/mol. The molecule has 0 heterocycles. The highest BCUT2D eigenvalue weighted by atomic mass is 16.6. The summed E-state index contributed by atoms with van der Waals surface area (Å²) in [7, 11) is 0. The molecule has 0 bridgehead atoms. The zero-order valence-electron chi connectivity index (χ0n) is 14.7. The van der Waals surface area contributed by atoms with Crippen molar-refractivity contribution in [2.24, 2.45) is 0 Å². The third kappa shape index (κ3) is 6.30. The number of benzene rings is 2. The molecule has 2 aromatic carbocycles. The molecule has 2 rings (SSSR count). The van der Waals surface area contributed by atoms with Crippen LogP contribution < -0.4 is 10.1 Å². The van der Waals surface area contributed by atoms with Crippen molar-refractivity contribution >= 4 is 17.6 Å². The van der Waals surface area contributed by atoms with E-state index in [9.17, 15) is 9.59 Å². The number of carbonyl (C=O) groups excluding carboxylic acids is 2. The van der Waals surface area contributed by atoms with Crippen molar-refractivity contribution in [1.82, 2.24) is 0 Å². The summed E-state index contributed by atoms with van der Waals surface area (Å²) in [6.07, 6.45) is 0. The fraction of sp³-hybridized carbons (Fsp3) is 0.300. The number of para-hydroxylation sites is 1. The van der Waals surface area contributed by atoms with Gasteiger partial charge in [0.25, 0.3) is 5.91 Å². The molecular formula is C20H23NO4. The lowest BCUT2D eigenvalue weighted by molar-refractivity contribution is -0.149. The van der Waals surface area contributed by atoms with Gasteiger partial charge in [-0.1, -0.05) is 51.1 Å². The lowest BCUT2D eigenvalue weighted by Gasteiger charge is -2.19. The summed E-state index contributed by atoms with van der Waals surface area (Å²) < 4.78 is 10.3. The average molecular weight is 341 g/mol. The number of carbonyl (C=O) groups is 2. The SMILES string of the molecule is CC(C)(C)c1ccc(OCC(=O)OCC(=O)Nc2ccccc2)cc1. The molecule has 0 aliphatic rings. The Bertz CT molecular complexity index is 703. The van der Waals surface area contributed by atoms with E-state index in [1.54, 1.807) is 24.3 Å². The van der Waals surface area contributed by atoms with Crippen molar-refractivity contribution in [2.75, 3.05) is 18.5 Å². The van der Waals surface area contributed by atoms with E-state index in [-0.39, 0.29) is 18.6 Å². The van der Waals surface area contributed by atoms with E-state index in [1.807, 2.05) is 30.3 Å². The number of esters is 1. The number of hydrogen-bond acceptors (Lipinski definition) is 4. The highest BCUT2D eigenvalue weighted by molar-refractivity contribution is 5.92. The average Bonchev–Trinajstić information content (AvgIpc) is 2.58. The van der Waals surface area contributed by atoms with Gasteiger partial charge in [-0.25, -0.2) is 4.79 Å². The quantitative estimate of drug-likeness (QED) is 0.816. The molecule has 0 saturated carbocycles. The van der Waals surface area contributed by atoms with Gasteiger partial charge < -0.3 is 14.8 Å². The van der Waals surface area contributed by atoms with Crippen LogP contribution in [0.25, 0.3) is 0 Å². The van der Waals surface area contributed by atoms with Crippen LogP contribution in [0, 0.1) is 0 Å². The fourth-order valence-electron chi connectivity index (χ4n) is 2.10. The highest BCUT2D eigenvalue weighted by Crippen LogP contribution is 2.24. The van der Waals surface area contributed by atoms with Gasteiger partial charge in [-0.15, -0.1) is 0 Å². The Morgan fingerprint density at radius 1 is 0.920 bits per heavy atom. The van der Waals surface area contributed by atoms with Gasteiger partial charge >= 0.3 is 5.97 Å². The molecule has 2 aromatic rings. The molecule has 0 fully saturated rings. The van der Waals surface area contributed by atoms with E-state index in [4.69, 9.17) is 9.47 Å². The van der Waals surface area contributed by atoms with Gasteiger partial charge in [-0.3, -0.25) is 4.79 Å². The van der Waals surface area contributed by atoms with Crippen LogP contribution in [0.2, 0.25) is 0 Å². The summed E-state index contributed by atoms with van der Waals surface area (Å²) >= 11 is 0. The summed E-state index contributed by atoms with van der Waals surface area (Å²) in [5.74, 6) is -0.407. The first kappa shape index (κ1) is 18.5. The summed E-state index contributed by atoms with van der Waals surface area (Å²) in [5, 5.41) is 2.63. The fourth-order valence-corrected chi connectivity index (χ4v) is 2.10. The first-order valence-corrected chi connectivity index (χ1v) is 8.08. The van der Waals surface area contributed by atoms with Crippen molar-refractivity contribution in [3.63, 3.8) is 0 Å². The smallest absolute Gasteiger partial charge is 0.344 e. The van der Waals surface area contributed by atoms with Crippen LogP contribution in [0.5, 0.6) is 5.75 Å². The van der Waals surface area contributed by atoms with Gasteiger partial charge in [0.1, 0.15) is 5.75 Å².